The van der Waals surface area contributed by atoms with Gasteiger partial charge in [0.1, 0.15) is 17.9 Å². The van der Waals surface area contributed by atoms with Crippen LogP contribution in [0.25, 0.3) is 11.0 Å². The number of para-hydroxylation sites is 1. The van der Waals surface area contributed by atoms with E-state index in [0.717, 1.165) is 12.1 Å². The van der Waals surface area contributed by atoms with Crippen molar-refractivity contribution in [3.8, 4) is 0 Å². The minimum atomic E-state index is -4.47. The molecule has 0 aliphatic carbocycles. The third-order valence-electron chi connectivity index (χ3n) is 5.10. The molecule has 3 N–H and O–H groups in total. The molecule has 1 aliphatic heterocycles. The molecule has 1 aliphatic rings. The van der Waals surface area contributed by atoms with Crippen molar-refractivity contribution >= 4 is 45.9 Å². The van der Waals surface area contributed by atoms with Crippen LogP contribution in [0, 0.1) is 0 Å². The number of benzene rings is 2. The number of fused-ring (bicyclic) bond motifs is 1. The lowest BCUT2D eigenvalue weighted by atomic mass is 10.2. The minimum Gasteiger partial charge on any atom is -0.366 e. The molecule has 0 bridgehead atoms. The summed E-state index contributed by atoms with van der Waals surface area (Å²) >= 11 is 5.44. The number of H-pyrrole nitrogens is 1. The summed E-state index contributed by atoms with van der Waals surface area (Å²) in [6, 6.07) is 8.74. The topological polar surface area (TPSA) is 95.3 Å². The maximum atomic E-state index is 12.8. The van der Waals surface area contributed by atoms with E-state index < -0.39 is 23.7 Å². The van der Waals surface area contributed by atoms with Crippen LogP contribution in [-0.4, -0.2) is 38.3 Å². The molecule has 3 aromatic rings. The number of halogens is 3. The lowest BCUT2D eigenvalue weighted by Gasteiger charge is -2.25. The van der Waals surface area contributed by atoms with Gasteiger partial charge in [-0.3, -0.25) is 14.5 Å². The van der Waals surface area contributed by atoms with Crippen LogP contribution in [0.15, 0.2) is 42.5 Å². The first-order chi connectivity index (χ1) is 14.6. The van der Waals surface area contributed by atoms with Crippen LogP contribution in [0.2, 0.25) is 0 Å². The maximum Gasteiger partial charge on any atom is 0.416 e. The molecular weight excluding hydrogens is 431 g/mol. The largest absolute Gasteiger partial charge is 0.416 e. The molecule has 2 heterocycles. The number of rotatable bonds is 4. The number of anilines is 1. The quantitative estimate of drug-likeness (QED) is 0.598. The van der Waals surface area contributed by atoms with E-state index in [1.54, 1.807) is 30.0 Å². The van der Waals surface area contributed by atoms with Gasteiger partial charge in [-0.15, -0.1) is 0 Å². The number of hydrogen-bond donors (Lipinski definition) is 2. The van der Waals surface area contributed by atoms with Crippen LogP contribution in [0.4, 0.5) is 18.9 Å². The van der Waals surface area contributed by atoms with E-state index in [2.05, 4.69) is 9.97 Å². The fraction of sp³-hybridized carbons (Fsp3) is 0.200. The molecule has 1 saturated heterocycles. The summed E-state index contributed by atoms with van der Waals surface area (Å²) in [6.45, 7) is 1.71. The van der Waals surface area contributed by atoms with E-state index in [9.17, 15) is 22.8 Å². The minimum absolute atomic E-state index is 0.0687. The molecule has 160 valence electrons. The standard InChI is InChI=1S/C20H16F3N5O2S/c1-10(18-25-14-4-2-3-13(17(24)30)16(14)26-18)27-9-15(29)28(19(27)31)12-7-5-11(6-8-12)20(21,22)23/h2-8,10H,9H2,1H3,(H2,24,30)(H,25,26). The van der Waals surface area contributed by atoms with Crippen LogP contribution in [0.1, 0.15) is 34.7 Å². The van der Waals surface area contributed by atoms with Gasteiger partial charge in [0.25, 0.3) is 11.8 Å². The second kappa shape index (κ2) is 7.34. The third kappa shape index (κ3) is 3.61. The molecule has 1 atom stereocenters. The molecule has 2 aromatic carbocycles. The smallest absolute Gasteiger partial charge is 0.366 e. The van der Waals surface area contributed by atoms with Gasteiger partial charge in [-0.05, 0) is 55.5 Å². The number of aromatic amines is 1. The Morgan fingerprint density at radius 1 is 1.23 bits per heavy atom. The Kier molecular flexibility index (Phi) is 4.92. The normalized spacial score (nSPS) is 15.7. The average Bonchev–Trinajstić information content (AvgIpc) is 3.27. The summed E-state index contributed by atoms with van der Waals surface area (Å²) < 4.78 is 38.5. The molecule has 1 unspecified atom stereocenters. The van der Waals surface area contributed by atoms with Gasteiger partial charge in [0.05, 0.1) is 28.4 Å². The number of aromatic nitrogens is 2. The van der Waals surface area contributed by atoms with E-state index in [-0.39, 0.29) is 28.8 Å². The lowest BCUT2D eigenvalue weighted by molar-refractivity contribution is -0.137. The van der Waals surface area contributed by atoms with E-state index in [0.29, 0.717) is 16.9 Å². The molecule has 11 heteroatoms. The summed E-state index contributed by atoms with van der Waals surface area (Å²) in [6.07, 6.45) is -4.47. The first kappa shape index (κ1) is 20.8. The van der Waals surface area contributed by atoms with Crippen molar-refractivity contribution in [3.63, 3.8) is 0 Å². The van der Waals surface area contributed by atoms with E-state index in [4.69, 9.17) is 18.0 Å². The zero-order valence-electron chi connectivity index (χ0n) is 16.1. The number of imidazole rings is 1. The molecule has 1 aromatic heterocycles. The van der Waals surface area contributed by atoms with Crippen molar-refractivity contribution in [2.75, 3.05) is 11.4 Å². The van der Waals surface area contributed by atoms with Gasteiger partial charge in [0, 0.05) is 0 Å². The summed E-state index contributed by atoms with van der Waals surface area (Å²) in [5.41, 5.74) is 6.12. The average molecular weight is 447 g/mol. The molecule has 0 spiro atoms. The number of nitrogens with one attached hydrogen (secondary N) is 1. The Bertz CT molecular complexity index is 1210. The molecule has 4 rings (SSSR count). The van der Waals surface area contributed by atoms with Crippen molar-refractivity contribution in [1.82, 2.24) is 14.9 Å². The number of hydrogen-bond acceptors (Lipinski definition) is 4. The Balaban J connectivity index is 1.62. The summed E-state index contributed by atoms with van der Waals surface area (Å²) in [4.78, 5) is 34.6. The molecule has 0 radical (unpaired) electrons. The predicted octanol–water partition coefficient (Wildman–Crippen LogP) is 3.38. The fourth-order valence-corrected chi connectivity index (χ4v) is 3.90. The van der Waals surface area contributed by atoms with Gasteiger partial charge in [-0.25, -0.2) is 4.98 Å². The van der Waals surface area contributed by atoms with E-state index >= 15 is 0 Å². The predicted molar refractivity (Wildman–Crippen MR) is 111 cm³/mol. The zero-order chi connectivity index (χ0) is 22.5. The van der Waals surface area contributed by atoms with Crippen molar-refractivity contribution in [1.29, 1.82) is 0 Å². The zero-order valence-corrected chi connectivity index (χ0v) is 16.9. The molecule has 2 amide bonds. The number of primary amides is 1. The Morgan fingerprint density at radius 2 is 1.90 bits per heavy atom. The molecule has 0 saturated carbocycles. The van der Waals surface area contributed by atoms with Crippen LogP contribution in [0.5, 0.6) is 0 Å². The van der Waals surface area contributed by atoms with E-state index in [1.165, 1.54) is 17.0 Å². The number of nitrogens with zero attached hydrogens (tertiary/aromatic N) is 3. The SMILES string of the molecule is CC(c1nc2c(C(N)=O)cccc2[nH]1)N1CC(=O)N(c2ccc(C(F)(F)F)cc2)C1=S. The van der Waals surface area contributed by atoms with Crippen LogP contribution >= 0.6 is 12.2 Å². The highest BCUT2D eigenvalue weighted by molar-refractivity contribution is 7.80. The lowest BCUT2D eigenvalue weighted by Crippen LogP contribution is -2.34. The van der Waals surface area contributed by atoms with Gasteiger partial charge < -0.3 is 15.6 Å². The number of thiocarbonyl (C=S) groups is 1. The van der Waals surface area contributed by atoms with Crippen LogP contribution < -0.4 is 10.6 Å². The van der Waals surface area contributed by atoms with Crippen molar-refractivity contribution in [3.05, 3.63) is 59.4 Å². The Hall–Kier alpha value is -3.47. The monoisotopic (exact) mass is 447 g/mol. The van der Waals surface area contributed by atoms with Gasteiger partial charge >= 0.3 is 6.18 Å². The highest BCUT2D eigenvalue weighted by Gasteiger charge is 2.38. The Morgan fingerprint density at radius 3 is 2.52 bits per heavy atom. The van der Waals surface area contributed by atoms with Crippen molar-refractivity contribution in [2.45, 2.75) is 19.1 Å². The fourth-order valence-electron chi connectivity index (χ4n) is 3.47. The first-order valence-electron chi connectivity index (χ1n) is 9.17. The van der Waals surface area contributed by atoms with Gasteiger partial charge in [-0.1, -0.05) is 6.07 Å². The maximum absolute atomic E-state index is 12.8. The van der Waals surface area contributed by atoms with E-state index in [1.807, 2.05) is 0 Å². The summed E-state index contributed by atoms with van der Waals surface area (Å²) in [7, 11) is 0. The number of alkyl halides is 3. The number of nitrogens with two attached hydrogens (primary N) is 1. The van der Waals surface area contributed by atoms with Gasteiger partial charge in [0.15, 0.2) is 5.11 Å². The Labute approximate surface area is 179 Å². The summed E-state index contributed by atoms with van der Waals surface area (Å²) in [5, 5.41) is 0.146. The van der Waals surface area contributed by atoms with Crippen LogP contribution in [0.3, 0.4) is 0 Å². The second-order valence-corrected chi connectivity index (χ2v) is 7.41. The van der Waals surface area contributed by atoms with Gasteiger partial charge in [-0.2, -0.15) is 13.2 Å². The number of carbonyl (C=O) groups excluding carboxylic acids is 2. The van der Waals surface area contributed by atoms with Crippen LogP contribution in [-0.2, 0) is 11.0 Å². The second-order valence-electron chi connectivity index (χ2n) is 7.05. The van der Waals surface area contributed by atoms with Crippen molar-refractivity contribution < 1.29 is 22.8 Å². The number of carbonyl (C=O) groups is 2. The number of amides is 2. The summed E-state index contributed by atoms with van der Waals surface area (Å²) in [5.74, 6) is -0.518. The molecular formula is C20H16F3N5O2S. The highest BCUT2D eigenvalue weighted by atomic mass is 32.1. The molecule has 7 nitrogen and oxygen atoms in total. The molecule has 1 fully saturated rings. The third-order valence-corrected chi connectivity index (χ3v) is 5.52. The first-order valence-corrected chi connectivity index (χ1v) is 9.58. The van der Waals surface area contributed by atoms with Gasteiger partial charge in [0.2, 0.25) is 0 Å². The van der Waals surface area contributed by atoms with Crippen molar-refractivity contribution in [2.24, 2.45) is 5.73 Å². The highest BCUT2D eigenvalue weighted by Crippen LogP contribution is 2.33. The molecule has 31 heavy (non-hydrogen) atoms.